The fourth-order valence-electron chi connectivity index (χ4n) is 0.829. The van der Waals surface area contributed by atoms with Crippen molar-refractivity contribution in [1.29, 1.82) is 0 Å². The summed E-state index contributed by atoms with van der Waals surface area (Å²) < 4.78 is 17.7. The first kappa shape index (κ1) is 6.68. The summed E-state index contributed by atoms with van der Waals surface area (Å²) in [5.74, 6) is 0. The molecule has 0 saturated carbocycles. The predicted octanol–water partition coefficient (Wildman–Crippen LogP) is 0.704. The molecule has 3 heteroatoms. The Hall–Kier alpha value is -0.440. The zero-order valence-corrected chi connectivity index (χ0v) is 5.10. The van der Waals surface area contributed by atoms with Crippen molar-refractivity contribution in [2.24, 2.45) is 0 Å². The fraction of sp³-hybridized carbons (Fsp3) is 0.833. The number of rotatable bonds is 1. The zero-order valence-electron chi connectivity index (χ0n) is 5.10. The third kappa shape index (κ3) is 1.48. The lowest BCUT2D eigenvalue weighted by Gasteiger charge is -2.23. The third-order valence-electron chi connectivity index (χ3n) is 1.54. The predicted molar refractivity (Wildman–Crippen MR) is 30.0 cm³/mol. The van der Waals surface area contributed by atoms with E-state index in [0.29, 0.717) is 19.5 Å². The quantitative estimate of drug-likeness (QED) is 0.491. The van der Waals surface area contributed by atoms with Gasteiger partial charge in [-0.3, -0.25) is 4.79 Å². The van der Waals surface area contributed by atoms with E-state index in [4.69, 9.17) is 4.74 Å². The molecule has 0 radical (unpaired) electrons. The minimum Gasteiger partial charge on any atom is -0.381 e. The Kier molecular flexibility index (Phi) is 1.81. The Morgan fingerprint density at radius 3 is 2.33 bits per heavy atom. The molecule has 0 unspecified atom stereocenters. The van der Waals surface area contributed by atoms with E-state index in [0.717, 1.165) is 0 Å². The van der Waals surface area contributed by atoms with E-state index in [2.05, 4.69) is 0 Å². The van der Waals surface area contributed by atoms with Gasteiger partial charge in [-0.1, -0.05) is 0 Å². The molecule has 1 heterocycles. The minimum atomic E-state index is -1.59. The summed E-state index contributed by atoms with van der Waals surface area (Å²) in [7, 11) is 0. The van der Waals surface area contributed by atoms with E-state index in [1.165, 1.54) is 0 Å². The van der Waals surface area contributed by atoms with Gasteiger partial charge in [0.25, 0.3) is 0 Å². The van der Waals surface area contributed by atoms with Crippen LogP contribution >= 0.6 is 0 Å². The van der Waals surface area contributed by atoms with Crippen molar-refractivity contribution in [2.75, 3.05) is 13.2 Å². The van der Waals surface area contributed by atoms with Gasteiger partial charge in [-0.25, -0.2) is 4.39 Å². The first-order valence-corrected chi connectivity index (χ1v) is 3.00. The van der Waals surface area contributed by atoms with Crippen molar-refractivity contribution >= 4 is 6.29 Å². The SMILES string of the molecule is O=CC1(F)CCOCC1. The summed E-state index contributed by atoms with van der Waals surface area (Å²) >= 11 is 0. The zero-order chi connectivity index (χ0) is 6.74. The highest BCUT2D eigenvalue weighted by molar-refractivity contribution is 5.62. The van der Waals surface area contributed by atoms with Gasteiger partial charge in [-0.2, -0.15) is 0 Å². The smallest absolute Gasteiger partial charge is 0.170 e. The molecule has 0 atom stereocenters. The highest BCUT2D eigenvalue weighted by Crippen LogP contribution is 2.21. The second kappa shape index (κ2) is 2.43. The van der Waals surface area contributed by atoms with E-state index in [1.807, 2.05) is 0 Å². The van der Waals surface area contributed by atoms with E-state index in [1.54, 1.807) is 0 Å². The van der Waals surface area contributed by atoms with Gasteiger partial charge in [0, 0.05) is 12.8 Å². The summed E-state index contributed by atoms with van der Waals surface area (Å²) in [6, 6.07) is 0. The molecule has 1 aliphatic heterocycles. The minimum absolute atomic E-state index is 0.219. The molecule has 1 rings (SSSR count). The maximum absolute atomic E-state index is 12.9. The number of carbonyl (C=O) groups excluding carboxylic acids is 1. The molecule has 0 aliphatic carbocycles. The Bertz CT molecular complexity index is 108. The van der Waals surface area contributed by atoms with Crippen molar-refractivity contribution in [3.8, 4) is 0 Å². The molecule has 52 valence electrons. The van der Waals surface area contributed by atoms with Crippen molar-refractivity contribution in [3.63, 3.8) is 0 Å². The molecule has 0 bridgehead atoms. The van der Waals surface area contributed by atoms with Crippen LogP contribution < -0.4 is 0 Å². The Morgan fingerprint density at radius 2 is 2.00 bits per heavy atom. The highest BCUT2D eigenvalue weighted by atomic mass is 19.1. The van der Waals surface area contributed by atoms with Crippen LogP contribution in [-0.4, -0.2) is 25.2 Å². The number of carbonyl (C=O) groups is 1. The van der Waals surface area contributed by atoms with E-state index in [-0.39, 0.29) is 12.8 Å². The van der Waals surface area contributed by atoms with Gasteiger partial charge in [0.1, 0.15) is 0 Å². The van der Waals surface area contributed by atoms with Gasteiger partial charge in [0.2, 0.25) is 0 Å². The molecule has 0 spiro atoms. The number of alkyl halides is 1. The normalized spacial score (nSPS) is 25.4. The first-order valence-electron chi connectivity index (χ1n) is 3.00. The number of aldehydes is 1. The second-order valence-corrected chi connectivity index (χ2v) is 2.26. The van der Waals surface area contributed by atoms with Gasteiger partial charge in [-0.15, -0.1) is 0 Å². The number of hydrogen-bond acceptors (Lipinski definition) is 2. The van der Waals surface area contributed by atoms with Gasteiger partial charge in [-0.05, 0) is 0 Å². The molecule has 0 aromatic rings. The summed E-state index contributed by atoms with van der Waals surface area (Å²) in [4.78, 5) is 10.1. The van der Waals surface area contributed by atoms with Crippen LogP contribution in [0, 0.1) is 0 Å². The lowest BCUT2D eigenvalue weighted by molar-refractivity contribution is -0.123. The van der Waals surface area contributed by atoms with Crippen LogP contribution in [0.4, 0.5) is 4.39 Å². The average Bonchev–Trinajstić information content (AvgIpc) is 1.90. The summed E-state index contributed by atoms with van der Waals surface area (Å²) in [6.07, 6.45) is 0.822. The maximum Gasteiger partial charge on any atom is 0.170 e. The van der Waals surface area contributed by atoms with E-state index >= 15 is 0 Å². The highest BCUT2D eigenvalue weighted by Gasteiger charge is 2.31. The molecule has 1 aliphatic rings. The fourth-order valence-corrected chi connectivity index (χ4v) is 0.829. The molecule has 0 amide bonds. The van der Waals surface area contributed by atoms with Crippen LogP contribution in [0.25, 0.3) is 0 Å². The topological polar surface area (TPSA) is 26.3 Å². The summed E-state index contributed by atoms with van der Waals surface area (Å²) in [5, 5.41) is 0. The maximum atomic E-state index is 12.9. The van der Waals surface area contributed by atoms with Crippen LogP contribution in [0.5, 0.6) is 0 Å². The van der Waals surface area contributed by atoms with Crippen LogP contribution in [0.3, 0.4) is 0 Å². The van der Waals surface area contributed by atoms with Gasteiger partial charge >= 0.3 is 0 Å². The van der Waals surface area contributed by atoms with Gasteiger partial charge in [0.05, 0.1) is 13.2 Å². The summed E-state index contributed by atoms with van der Waals surface area (Å²) in [5.41, 5.74) is -1.59. The third-order valence-corrected chi connectivity index (χ3v) is 1.54. The Labute approximate surface area is 53.0 Å². The van der Waals surface area contributed by atoms with E-state index < -0.39 is 5.67 Å². The molecule has 9 heavy (non-hydrogen) atoms. The molecular formula is C6H9FO2. The lowest BCUT2D eigenvalue weighted by atomic mass is 9.99. The largest absolute Gasteiger partial charge is 0.381 e. The molecule has 0 aromatic carbocycles. The average molecular weight is 132 g/mol. The summed E-state index contributed by atoms with van der Waals surface area (Å²) in [6.45, 7) is 0.741. The molecule has 2 nitrogen and oxygen atoms in total. The number of halogens is 1. The Balaban J connectivity index is 2.46. The molecule has 1 saturated heterocycles. The van der Waals surface area contributed by atoms with Crippen molar-refractivity contribution in [2.45, 2.75) is 18.5 Å². The van der Waals surface area contributed by atoms with E-state index in [9.17, 15) is 9.18 Å². The monoisotopic (exact) mass is 132 g/mol. The Morgan fingerprint density at radius 1 is 1.44 bits per heavy atom. The van der Waals surface area contributed by atoms with Crippen molar-refractivity contribution in [3.05, 3.63) is 0 Å². The lowest BCUT2D eigenvalue weighted by Crippen LogP contribution is -2.32. The standard InChI is InChI=1S/C6H9FO2/c7-6(5-8)1-3-9-4-2-6/h5H,1-4H2. The van der Waals surface area contributed by atoms with Crippen molar-refractivity contribution in [1.82, 2.24) is 0 Å². The molecular weight excluding hydrogens is 123 g/mol. The van der Waals surface area contributed by atoms with Gasteiger partial charge in [0.15, 0.2) is 12.0 Å². The molecule has 0 aromatic heterocycles. The van der Waals surface area contributed by atoms with Crippen LogP contribution in [0.1, 0.15) is 12.8 Å². The molecule has 0 N–H and O–H groups in total. The van der Waals surface area contributed by atoms with Crippen LogP contribution in [0.15, 0.2) is 0 Å². The van der Waals surface area contributed by atoms with Crippen LogP contribution in [-0.2, 0) is 9.53 Å². The van der Waals surface area contributed by atoms with Gasteiger partial charge < -0.3 is 4.74 Å². The second-order valence-electron chi connectivity index (χ2n) is 2.26. The van der Waals surface area contributed by atoms with Crippen molar-refractivity contribution < 1.29 is 13.9 Å². The van der Waals surface area contributed by atoms with Crippen LogP contribution in [0.2, 0.25) is 0 Å². The molecule has 1 fully saturated rings. The number of hydrogen-bond donors (Lipinski definition) is 0. The first-order chi connectivity index (χ1) is 4.27. The number of ether oxygens (including phenoxy) is 1.